The second-order valence-corrected chi connectivity index (χ2v) is 2.75. The summed E-state index contributed by atoms with van der Waals surface area (Å²) in [5.41, 5.74) is 5.22. The third kappa shape index (κ3) is 6.54. The summed E-state index contributed by atoms with van der Waals surface area (Å²) in [6.45, 7) is 4.00. The van der Waals surface area contributed by atoms with Gasteiger partial charge in [-0.05, 0) is 25.0 Å². The summed E-state index contributed by atoms with van der Waals surface area (Å²) in [5.74, 6) is -1.60. The van der Waals surface area contributed by atoms with E-state index in [2.05, 4.69) is 0 Å². The van der Waals surface area contributed by atoms with Crippen molar-refractivity contribution in [2.24, 2.45) is 5.73 Å². The fourth-order valence-corrected chi connectivity index (χ4v) is 0.536. The van der Waals surface area contributed by atoms with Crippen LogP contribution in [0.15, 0.2) is 24.3 Å². The van der Waals surface area contributed by atoms with Gasteiger partial charge in [-0.1, -0.05) is 26.0 Å². The van der Waals surface area contributed by atoms with Crippen LogP contribution in [0.5, 0.6) is 0 Å². The molecule has 1 saturated carbocycles. The predicted molar refractivity (Wildman–Crippen MR) is 54.9 cm³/mol. The third-order valence-corrected chi connectivity index (χ3v) is 1.45. The molecule has 1 aromatic rings. The van der Waals surface area contributed by atoms with Crippen LogP contribution in [-0.4, -0.2) is 6.04 Å². The molecule has 0 unspecified atom stereocenters. The van der Waals surface area contributed by atoms with Crippen molar-refractivity contribution in [1.82, 2.24) is 0 Å². The van der Waals surface area contributed by atoms with E-state index in [1.807, 2.05) is 13.8 Å². The molecule has 1 aliphatic carbocycles. The summed E-state index contributed by atoms with van der Waals surface area (Å²) in [5, 5.41) is 0. The van der Waals surface area contributed by atoms with E-state index in [9.17, 15) is 8.78 Å². The van der Waals surface area contributed by atoms with Gasteiger partial charge in [0.05, 0.1) is 0 Å². The summed E-state index contributed by atoms with van der Waals surface area (Å²) in [7, 11) is 0. The zero-order chi connectivity index (χ0) is 11.0. The van der Waals surface area contributed by atoms with Crippen LogP contribution in [0.4, 0.5) is 8.78 Å². The molecule has 0 amide bonds. The summed E-state index contributed by atoms with van der Waals surface area (Å²) >= 11 is 0. The molecule has 0 spiro atoms. The maximum Gasteiger partial charge on any atom is 0.158 e. The lowest BCUT2D eigenvalue weighted by Gasteiger charge is -1.85. The SMILES string of the molecule is CC.Fc1ccccc1F.NC1CC1. The van der Waals surface area contributed by atoms with E-state index in [-0.39, 0.29) is 0 Å². The Morgan fingerprint density at radius 1 is 1.07 bits per heavy atom. The molecule has 0 heterocycles. The number of benzene rings is 1. The summed E-state index contributed by atoms with van der Waals surface area (Å²) in [6, 6.07) is 5.63. The standard InChI is InChI=1S/C6H4F2.C3H7N.C2H6/c7-5-3-1-2-4-6(5)8;4-3-1-2-3;1-2/h1-4H;3H,1-2,4H2;1-2H3. The summed E-state index contributed by atoms with van der Waals surface area (Å²) in [6.07, 6.45) is 2.53. The first-order chi connectivity index (χ1) is 6.70. The number of rotatable bonds is 0. The van der Waals surface area contributed by atoms with Crippen LogP contribution in [0, 0.1) is 11.6 Å². The topological polar surface area (TPSA) is 26.0 Å². The van der Waals surface area contributed by atoms with Crippen molar-refractivity contribution >= 4 is 0 Å². The van der Waals surface area contributed by atoms with Crippen LogP contribution in [0.3, 0.4) is 0 Å². The van der Waals surface area contributed by atoms with Crippen LogP contribution in [0.2, 0.25) is 0 Å². The molecule has 1 nitrogen and oxygen atoms in total. The molecule has 3 heteroatoms. The van der Waals surface area contributed by atoms with Crippen molar-refractivity contribution in [3.8, 4) is 0 Å². The highest BCUT2D eigenvalue weighted by molar-refractivity contribution is 5.05. The van der Waals surface area contributed by atoms with Gasteiger partial charge in [0.2, 0.25) is 0 Å². The monoisotopic (exact) mass is 201 g/mol. The van der Waals surface area contributed by atoms with Gasteiger partial charge in [0.25, 0.3) is 0 Å². The Labute approximate surface area is 83.9 Å². The van der Waals surface area contributed by atoms with E-state index in [1.165, 1.54) is 25.0 Å². The van der Waals surface area contributed by atoms with Crippen molar-refractivity contribution in [1.29, 1.82) is 0 Å². The number of hydrogen-bond donors (Lipinski definition) is 1. The average molecular weight is 201 g/mol. The number of hydrogen-bond acceptors (Lipinski definition) is 1. The van der Waals surface area contributed by atoms with Gasteiger partial charge >= 0.3 is 0 Å². The summed E-state index contributed by atoms with van der Waals surface area (Å²) < 4.78 is 23.9. The van der Waals surface area contributed by atoms with E-state index < -0.39 is 11.6 Å². The molecule has 1 aliphatic rings. The van der Waals surface area contributed by atoms with E-state index >= 15 is 0 Å². The zero-order valence-electron chi connectivity index (χ0n) is 8.63. The Balaban J connectivity index is 0.000000236. The molecule has 0 aromatic heterocycles. The highest BCUT2D eigenvalue weighted by atomic mass is 19.2. The van der Waals surface area contributed by atoms with Crippen LogP contribution in [-0.2, 0) is 0 Å². The maximum absolute atomic E-state index is 11.9. The zero-order valence-corrected chi connectivity index (χ0v) is 8.63. The van der Waals surface area contributed by atoms with Crippen molar-refractivity contribution < 1.29 is 8.78 Å². The molecular formula is C11H17F2N. The lowest BCUT2D eigenvalue weighted by molar-refractivity contribution is 0.508. The molecule has 0 saturated heterocycles. The van der Waals surface area contributed by atoms with E-state index in [0.29, 0.717) is 6.04 Å². The Bertz CT molecular complexity index is 226. The molecule has 1 fully saturated rings. The minimum atomic E-state index is -0.799. The quantitative estimate of drug-likeness (QED) is 0.685. The lowest BCUT2D eigenvalue weighted by atomic mass is 10.3. The van der Waals surface area contributed by atoms with Crippen LogP contribution >= 0.6 is 0 Å². The fourth-order valence-electron chi connectivity index (χ4n) is 0.536. The Hall–Kier alpha value is -0.960. The second kappa shape index (κ2) is 7.44. The first-order valence-electron chi connectivity index (χ1n) is 4.86. The molecule has 0 atom stereocenters. The minimum Gasteiger partial charge on any atom is -0.328 e. The van der Waals surface area contributed by atoms with Gasteiger partial charge in [0, 0.05) is 6.04 Å². The normalized spacial score (nSPS) is 13.2. The predicted octanol–water partition coefficient (Wildman–Crippen LogP) is 3.10. The van der Waals surface area contributed by atoms with Crippen LogP contribution < -0.4 is 5.73 Å². The lowest BCUT2D eigenvalue weighted by Crippen LogP contribution is -1.94. The molecule has 0 radical (unpaired) electrons. The molecule has 14 heavy (non-hydrogen) atoms. The van der Waals surface area contributed by atoms with Gasteiger partial charge in [0.15, 0.2) is 11.6 Å². The van der Waals surface area contributed by atoms with Crippen LogP contribution in [0.1, 0.15) is 26.7 Å². The minimum absolute atomic E-state index is 0.583. The second-order valence-electron chi connectivity index (χ2n) is 2.75. The van der Waals surface area contributed by atoms with E-state index in [1.54, 1.807) is 0 Å². The van der Waals surface area contributed by atoms with Gasteiger partial charge in [0.1, 0.15) is 0 Å². The smallest absolute Gasteiger partial charge is 0.158 e. The molecule has 2 rings (SSSR count). The molecular weight excluding hydrogens is 184 g/mol. The Kier molecular flexibility index (Phi) is 6.93. The van der Waals surface area contributed by atoms with Crippen molar-refractivity contribution in [3.05, 3.63) is 35.9 Å². The van der Waals surface area contributed by atoms with Gasteiger partial charge in [-0.3, -0.25) is 0 Å². The molecule has 0 aliphatic heterocycles. The van der Waals surface area contributed by atoms with Gasteiger partial charge in [-0.25, -0.2) is 8.78 Å². The Morgan fingerprint density at radius 2 is 1.36 bits per heavy atom. The fraction of sp³-hybridized carbons (Fsp3) is 0.455. The van der Waals surface area contributed by atoms with Gasteiger partial charge < -0.3 is 5.73 Å². The highest BCUT2D eigenvalue weighted by Gasteiger charge is 2.13. The number of halogens is 2. The molecule has 2 N–H and O–H groups in total. The molecule has 1 aromatic carbocycles. The van der Waals surface area contributed by atoms with E-state index in [4.69, 9.17) is 5.73 Å². The van der Waals surface area contributed by atoms with Crippen molar-refractivity contribution in [3.63, 3.8) is 0 Å². The Morgan fingerprint density at radius 3 is 1.50 bits per heavy atom. The van der Waals surface area contributed by atoms with Crippen molar-refractivity contribution in [2.75, 3.05) is 0 Å². The molecule has 0 bridgehead atoms. The average Bonchev–Trinajstić information content (AvgIpc) is 2.98. The number of nitrogens with two attached hydrogens (primary N) is 1. The first-order valence-corrected chi connectivity index (χ1v) is 4.86. The summed E-state index contributed by atoms with van der Waals surface area (Å²) in [4.78, 5) is 0. The van der Waals surface area contributed by atoms with Gasteiger partial charge in [-0.2, -0.15) is 0 Å². The molecule has 80 valence electrons. The van der Waals surface area contributed by atoms with Crippen LogP contribution in [0.25, 0.3) is 0 Å². The van der Waals surface area contributed by atoms with Crippen molar-refractivity contribution in [2.45, 2.75) is 32.7 Å². The largest absolute Gasteiger partial charge is 0.328 e. The van der Waals surface area contributed by atoms with Gasteiger partial charge in [-0.15, -0.1) is 0 Å². The van der Waals surface area contributed by atoms with E-state index in [0.717, 1.165) is 12.1 Å². The third-order valence-electron chi connectivity index (χ3n) is 1.45. The highest BCUT2D eigenvalue weighted by Crippen LogP contribution is 2.13. The maximum atomic E-state index is 11.9. The first kappa shape index (κ1) is 13.0.